The van der Waals surface area contributed by atoms with Gasteiger partial charge in [0.25, 0.3) is 0 Å². The molecule has 0 spiro atoms. The first-order chi connectivity index (χ1) is 17.8. The van der Waals surface area contributed by atoms with E-state index in [1.54, 1.807) is 55.5 Å². The van der Waals surface area contributed by atoms with Gasteiger partial charge in [0.1, 0.15) is 11.5 Å². The summed E-state index contributed by atoms with van der Waals surface area (Å²) in [5.74, 6) is 1.13. The monoisotopic (exact) mass is 526 g/mol. The summed E-state index contributed by atoms with van der Waals surface area (Å²) in [5.41, 5.74) is 1.34. The Balaban J connectivity index is 1.62. The average molecular weight is 527 g/mol. The van der Waals surface area contributed by atoms with Crippen LogP contribution in [0.4, 0.5) is 23.7 Å². The predicted molar refractivity (Wildman–Crippen MR) is 143 cm³/mol. The first kappa shape index (κ1) is 28.8. The van der Waals surface area contributed by atoms with Gasteiger partial charge in [-0.25, -0.2) is 4.79 Å². The molecule has 0 aromatic heterocycles. The van der Waals surface area contributed by atoms with Crippen molar-refractivity contribution in [2.45, 2.75) is 59.7 Å². The second-order valence-electron chi connectivity index (χ2n) is 10.3. The van der Waals surface area contributed by atoms with Gasteiger partial charge >= 0.3 is 12.2 Å². The van der Waals surface area contributed by atoms with Gasteiger partial charge in [-0.3, -0.25) is 4.79 Å². The van der Waals surface area contributed by atoms with Crippen molar-refractivity contribution in [2.24, 2.45) is 5.41 Å². The Kier molecular flexibility index (Phi) is 9.20. The number of ketones is 1. The van der Waals surface area contributed by atoms with Crippen molar-refractivity contribution in [2.75, 3.05) is 5.32 Å². The van der Waals surface area contributed by atoms with E-state index in [4.69, 9.17) is 4.74 Å². The molecule has 0 atom stereocenters. The summed E-state index contributed by atoms with van der Waals surface area (Å²) in [6, 6.07) is 16.8. The van der Waals surface area contributed by atoms with E-state index in [-0.39, 0.29) is 23.4 Å². The smallest absolute Gasteiger partial charge is 0.416 e. The third kappa shape index (κ3) is 8.64. The topological polar surface area (TPSA) is 67.4 Å². The van der Waals surface area contributed by atoms with Crippen molar-refractivity contribution in [1.82, 2.24) is 5.32 Å². The highest BCUT2D eigenvalue weighted by Crippen LogP contribution is 2.33. The number of ether oxygens (including phenoxy) is 1. The van der Waals surface area contributed by atoms with Crippen molar-refractivity contribution in [1.29, 1.82) is 0 Å². The number of hydrogen-bond donors (Lipinski definition) is 2. The van der Waals surface area contributed by atoms with Crippen LogP contribution in [0.5, 0.6) is 11.5 Å². The highest BCUT2D eigenvalue weighted by Gasteiger charge is 2.31. The second-order valence-corrected chi connectivity index (χ2v) is 10.3. The van der Waals surface area contributed by atoms with Gasteiger partial charge in [-0.05, 0) is 65.8 Å². The fourth-order valence-electron chi connectivity index (χ4n) is 3.69. The van der Waals surface area contributed by atoms with Crippen LogP contribution in [-0.4, -0.2) is 11.8 Å². The lowest BCUT2D eigenvalue weighted by molar-refractivity contribution is -0.137. The van der Waals surface area contributed by atoms with Crippen LogP contribution in [0.2, 0.25) is 0 Å². The number of Topliss-reactive ketones (excluding diaryl/α,β-unsaturated/α-hetero) is 1. The number of rotatable bonds is 9. The molecule has 0 radical (unpaired) electrons. The van der Waals surface area contributed by atoms with Crippen LogP contribution in [0.3, 0.4) is 0 Å². The predicted octanol–water partition coefficient (Wildman–Crippen LogP) is 8.39. The number of alkyl halides is 3. The lowest BCUT2D eigenvalue weighted by Gasteiger charge is -2.20. The highest BCUT2D eigenvalue weighted by molar-refractivity contribution is 5.96. The maximum atomic E-state index is 13.3. The quantitative estimate of drug-likeness (QED) is 0.275. The summed E-state index contributed by atoms with van der Waals surface area (Å²) >= 11 is 0. The number of hydrogen-bond acceptors (Lipinski definition) is 3. The number of anilines is 1. The summed E-state index contributed by atoms with van der Waals surface area (Å²) in [7, 11) is 0. The molecule has 2 N–H and O–H groups in total. The molecular weight excluding hydrogens is 493 g/mol. The van der Waals surface area contributed by atoms with Crippen molar-refractivity contribution < 1.29 is 27.5 Å². The van der Waals surface area contributed by atoms with Crippen LogP contribution < -0.4 is 15.4 Å². The lowest BCUT2D eigenvalue weighted by atomic mass is 9.88. The third-order valence-corrected chi connectivity index (χ3v) is 5.92. The summed E-state index contributed by atoms with van der Waals surface area (Å²) < 4.78 is 45.6. The molecule has 0 bridgehead atoms. The maximum absolute atomic E-state index is 13.3. The molecule has 0 aliphatic rings. The van der Waals surface area contributed by atoms with Crippen molar-refractivity contribution in [3.63, 3.8) is 0 Å². The van der Waals surface area contributed by atoms with Gasteiger partial charge in [0, 0.05) is 24.2 Å². The molecule has 2 amide bonds. The number of nitrogens with one attached hydrogen (secondary N) is 2. The minimum absolute atomic E-state index is 0.00611. The number of carbonyl (C=O) groups is 2. The van der Waals surface area contributed by atoms with Gasteiger partial charge in [-0.1, -0.05) is 58.0 Å². The van der Waals surface area contributed by atoms with E-state index >= 15 is 0 Å². The minimum Gasteiger partial charge on any atom is -0.457 e. The molecule has 0 aliphatic heterocycles. The number of aryl methyl sites for hydroxylation is 1. The fraction of sp³-hybridized carbons (Fsp3) is 0.333. The van der Waals surface area contributed by atoms with E-state index in [0.717, 1.165) is 24.1 Å². The van der Waals surface area contributed by atoms with Crippen LogP contribution in [0.15, 0.2) is 66.7 Å². The van der Waals surface area contributed by atoms with E-state index in [1.807, 2.05) is 0 Å². The maximum Gasteiger partial charge on any atom is 0.416 e. The average Bonchev–Trinajstić information content (AvgIpc) is 2.86. The molecule has 0 aliphatic carbocycles. The van der Waals surface area contributed by atoms with Crippen LogP contribution in [0.1, 0.15) is 67.6 Å². The Morgan fingerprint density at radius 3 is 2.24 bits per heavy atom. The van der Waals surface area contributed by atoms with E-state index in [2.05, 4.69) is 31.4 Å². The summed E-state index contributed by atoms with van der Waals surface area (Å²) in [4.78, 5) is 24.5. The third-order valence-electron chi connectivity index (χ3n) is 5.92. The van der Waals surface area contributed by atoms with Gasteiger partial charge in [0.15, 0.2) is 5.78 Å². The van der Waals surface area contributed by atoms with Gasteiger partial charge in [0.2, 0.25) is 0 Å². The molecule has 38 heavy (non-hydrogen) atoms. The summed E-state index contributed by atoms with van der Waals surface area (Å²) in [6.45, 7) is 8.13. The largest absolute Gasteiger partial charge is 0.457 e. The Bertz CT molecular complexity index is 1260. The van der Waals surface area contributed by atoms with E-state index < -0.39 is 17.8 Å². The van der Waals surface area contributed by atoms with Crippen LogP contribution in [0.25, 0.3) is 0 Å². The zero-order valence-corrected chi connectivity index (χ0v) is 22.0. The molecule has 0 unspecified atom stereocenters. The molecule has 3 rings (SSSR count). The number of urea groups is 1. The number of carbonyl (C=O) groups excluding carboxylic acids is 2. The first-order valence-electron chi connectivity index (χ1n) is 12.5. The SMILES string of the molecule is CCC(=O)c1cccc(Oc2ccc(CNC(=O)Nc3cc(C(F)(F)F)ccc3CCC(C)(C)C)cc2)c1. The number of amides is 2. The standard InChI is InChI=1S/C30H33F3N2O3/c1-5-27(36)22-7-6-8-25(17-22)38-24-13-9-20(10-14-24)19-34-28(37)35-26-18-23(30(31,32)33)12-11-21(26)15-16-29(2,3)4/h6-14,17-18H,5,15-16,19H2,1-4H3,(H2,34,35,37). The molecule has 202 valence electrons. The highest BCUT2D eigenvalue weighted by atomic mass is 19.4. The molecule has 0 heterocycles. The lowest BCUT2D eigenvalue weighted by Crippen LogP contribution is -2.28. The first-order valence-corrected chi connectivity index (χ1v) is 12.5. The van der Waals surface area contributed by atoms with Gasteiger partial charge in [-0.15, -0.1) is 0 Å². The number of halogens is 3. The van der Waals surface area contributed by atoms with Crippen LogP contribution >= 0.6 is 0 Å². The summed E-state index contributed by atoms with van der Waals surface area (Å²) in [6.07, 6.45) is -2.81. The fourth-order valence-corrected chi connectivity index (χ4v) is 3.69. The van der Waals surface area contributed by atoms with E-state index in [9.17, 15) is 22.8 Å². The van der Waals surface area contributed by atoms with Crippen molar-refractivity contribution in [3.8, 4) is 11.5 Å². The molecule has 3 aromatic rings. The molecule has 0 saturated carbocycles. The summed E-state index contributed by atoms with van der Waals surface area (Å²) in [5, 5.41) is 5.28. The molecule has 0 saturated heterocycles. The Morgan fingerprint density at radius 1 is 0.895 bits per heavy atom. The molecule has 8 heteroatoms. The van der Waals surface area contributed by atoms with Gasteiger partial charge < -0.3 is 15.4 Å². The van der Waals surface area contributed by atoms with Crippen LogP contribution in [0, 0.1) is 5.41 Å². The zero-order valence-electron chi connectivity index (χ0n) is 22.0. The second kappa shape index (κ2) is 12.2. The Morgan fingerprint density at radius 2 is 1.61 bits per heavy atom. The molecule has 0 fully saturated rings. The zero-order chi connectivity index (χ0) is 27.9. The number of benzene rings is 3. The normalized spacial score (nSPS) is 11.7. The van der Waals surface area contributed by atoms with Gasteiger partial charge in [0.05, 0.1) is 5.56 Å². The van der Waals surface area contributed by atoms with E-state index in [0.29, 0.717) is 35.5 Å². The van der Waals surface area contributed by atoms with Crippen molar-refractivity contribution >= 4 is 17.5 Å². The van der Waals surface area contributed by atoms with E-state index in [1.165, 1.54) is 6.07 Å². The minimum atomic E-state index is -4.51. The molecule has 5 nitrogen and oxygen atoms in total. The van der Waals surface area contributed by atoms with Crippen molar-refractivity contribution in [3.05, 3.63) is 89.0 Å². The molecule has 3 aromatic carbocycles. The van der Waals surface area contributed by atoms with Gasteiger partial charge in [-0.2, -0.15) is 13.2 Å². The molecular formula is C30H33F3N2O3. The Hall–Kier alpha value is -3.81. The van der Waals surface area contributed by atoms with Crippen LogP contribution in [-0.2, 0) is 19.1 Å². The Labute approximate surface area is 221 Å².